The fraction of sp³-hybridized carbons (Fsp3) is 0.300. The summed E-state index contributed by atoms with van der Waals surface area (Å²) in [4.78, 5) is 0. The Morgan fingerprint density at radius 1 is 1.29 bits per heavy atom. The molecule has 3 nitrogen and oxygen atoms in total. The van der Waals surface area contributed by atoms with Crippen molar-refractivity contribution < 1.29 is 28.0 Å². The Kier molecular flexibility index (Phi) is 12.1. The van der Waals surface area contributed by atoms with E-state index in [1.165, 1.54) is 0 Å². The van der Waals surface area contributed by atoms with Gasteiger partial charge in [0.1, 0.15) is 0 Å². The second-order valence-corrected chi connectivity index (χ2v) is 2.23. The SMILES string of the molecule is Nc1cc[c-]cc1.[CH2-]C(OC)OC.[V+2]. The first kappa shape index (κ1) is 16.0. The van der Waals surface area contributed by atoms with Crippen LogP contribution in [-0.2, 0) is 28.0 Å². The Labute approximate surface area is 97.5 Å². The van der Waals surface area contributed by atoms with Gasteiger partial charge in [0.15, 0.2) is 0 Å². The number of ether oxygens (including phenoxy) is 2. The van der Waals surface area contributed by atoms with Gasteiger partial charge in [-0.25, -0.2) is 0 Å². The molecule has 77 valence electrons. The van der Waals surface area contributed by atoms with Gasteiger partial charge in [-0.1, -0.05) is 5.69 Å². The topological polar surface area (TPSA) is 44.5 Å². The van der Waals surface area contributed by atoms with Crippen molar-refractivity contribution in [1.29, 1.82) is 0 Å². The Hall–Kier alpha value is -0.476. The standard InChI is InChI=1S/C6H6N.C4H9O2.V/c7-6-4-2-1-3-5-6;1-4(5-2)6-3;/h2-5H,7H2;4H,1H2,2-3H3;/q2*-1;+2. The maximum Gasteiger partial charge on any atom is 2.00 e. The Morgan fingerprint density at radius 3 is 1.86 bits per heavy atom. The van der Waals surface area contributed by atoms with E-state index in [1.807, 2.05) is 0 Å². The van der Waals surface area contributed by atoms with E-state index in [9.17, 15) is 0 Å². The first-order valence-electron chi connectivity index (χ1n) is 3.81. The number of nitrogens with two attached hydrogens (primary N) is 1. The third kappa shape index (κ3) is 9.61. The van der Waals surface area contributed by atoms with E-state index in [0.29, 0.717) is 0 Å². The normalized spacial score (nSPS) is 8.57. The molecule has 0 aliphatic rings. The van der Waals surface area contributed by atoms with E-state index in [1.54, 1.807) is 38.5 Å². The van der Waals surface area contributed by atoms with Gasteiger partial charge >= 0.3 is 18.6 Å². The average Bonchev–Trinajstić information content (AvgIpc) is 2.19. The molecule has 1 rings (SSSR count). The smallest absolute Gasteiger partial charge is 0.419 e. The van der Waals surface area contributed by atoms with Crippen molar-refractivity contribution in [1.82, 2.24) is 0 Å². The Morgan fingerprint density at radius 2 is 1.71 bits per heavy atom. The fourth-order valence-corrected chi connectivity index (χ4v) is 0.496. The zero-order chi connectivity index (χ0) is 10.1. The van der Waals surface area contributed by atoms with Gasteiger partial charge in [0.2, 0.25) is 0 Å². The number of hydrogen-bond acceptors (Lipinski definition) is 3. The number of hydrogen-bond donors (Lipinski definition) is 1. The maximum absolute atomic E-state index is 5.34. The van der Waals surface area contributed by atoms with Crippen LogP contribution in [0.2, 0.25) is 0 Å². The van der Waals surface area contributed by atoms with Crippen molar-refractivity contribution in [3.8, 4) is 0 Å². The number of methoxy groups -OCH3 is 2. The molecule has 0 atom stereocenters. The van der Waals surface area contributed by atoms with Gasteiger partial charge in [-0.15, -0.1) is 12.1 Å². The van der Waals surface area contributed by atoms with Gasteiger partial charge in [-0.05, 0) is 0 Å². The van der Waals surface area contributed by atoms with Crippen LogP contribution in [0, 0.1) is 13.0 Å². The van der Waals surface area contributed by atoms with Gasteiger partial charge in [0.05, 0.1) is 0 Å². The van der Waals surface area contributed by atoms with Crippen LogP contribution in [0.25, 0.3) is 0 Å². The van der Waals surface area contributed by atoms with E-state index in [4.69, 9.17) is 5.73 Å². The molecule has 14 heavy (non-hydrogen) atoms. The molecule has 1 aromatic rings. The van der Waals surface area contributed by atoms with Crippen LogP contribution >= 0.6 is 0 Å². The molecular formula is C10H15NO2V. The van der Waals surface area contributed by atoms with Crippen molar-refractivity contribution in [2.24, 2.45) is 0 Å². The van der Waals surface area contributed by atoms with E-state index in [0.717, 1.165) is 5.69 Å². The Bertz CT molecular complexity index is 203. The minimum atomic E-state index is -0.315. The molecule has 0 unspecified atom stereocenters. The average molecular weight is 232 g/mol. The minimum absolute atomic E-state index is 0. The van der Waals surface area contributed by atoms with Gasteiger partial charge in [-0.3, -0.25) is 6.92 Å². The molecule has 0 amide bonds. The van der Waals surface area contributed by atoms with Crippen LogP contribution in [0.5, 0.6) is 0 Å². The van der Waals surface area contributed by atoms with E-state index in [-0.39, 0.29) is 24.8 Å². The molecule has 0 aliphatic carbocycles. The fourth-order valence-electron chi connectivity index (χ4n) is 0.496. The zero-order valence-corrected chi connectivity index (χ0v) is 9.83. The second kappa shape index (κ2) is 10.6. The molecule has 0 saturated heterocycles. The summed E-state index contributed by atoms with van der Waals surface area (Å²) >= 11 is 0. The molecule has 1 aromatic carbocycles. The third-order valence-corrected chi connectivity index (χ3v) is 1.27. The van der Waals surface area contributed by atoms with Crippen molar-refractivity contribution in [2.45, 2.75) is 6.29 Å². The molecule has 4 heteroatoms. The number of nitrogen functional groups attached to an aromatic ring is 1. The van der Waals surface area contributed by atoms with Crippen LogP contribution in [0.3, 0.4) is 0 Å². The molecular weight excluding hydrogens is 217 g/mol. The van der Waals surface area contributed by atoms with Crippen LogP contribution in [0.4, 0.5) is 5.69 Å². The molecule has 0 heterocycles. The summed E-state index contributed by atoms with van der Waals surface area (Å²) in [5.74, 6) is 0. The molecule has 0 aliphatic heterocycles. The first-order chi connectivity index (χ1) is 6.20. The summed E-state index contributed by atoms with van der Waals surface area (Å²) in [7, 11) is 3.09. The van der Waals surface area contributed by atoms with Crippen LogP contribution in [-0.4, -0.2) is 20.5 Å². The molecule has 2 N–H and O–H groups in total. The summed E-state index contributed by atoms with van der Waals surface area (Å²) < 4.78 is 9.13. The van der Waals surface area contributed by atoms with Gasteiger partial charge < -0.3 is 15.2 Å². The molecule has 0 saturated carbocycles. The van der Waals surface area contributed by atoms with Crippen LogP contribution in [0.15, 0.2) is 24.3 Å². The van der Waals surface area contributed by atoms with Crippen LogP contribution < -0.4 is 5.73 Å². The summed E-state index contributed by atoms with van der Waals surface area (Å²) in [6.45, 7) is 3.43. The molecule has 0 spiro atoms. The summed E-state index contributed by atoms with van der Waals surface area (Å²) in [6, 6.07) is 10.0. The van der Waals surface area contributed by atoms with E-state index < -0.39 is 0 Å². The second-order valence-electron chi connectivity index (χ2n) is 2.23. The third-order valence-electron chi connectivity index (χ3n) is 1.27. The van der Waals surface area contributed by atoms with E-state index >= 15 is 0 Å². The van der Waals surface area contributed by atoms with Crippen molar-refractivity contribution in [3.63, 3.8) is 0 Å². The maximum atomic E-state index is 5.34. The summed E-state index contributed by atoms with van der Waals surface area (Å²) in [5.41, 5.74) is 6.13. The molecule has 1 radical (unpaired) electrons. The first-order valence-corrected chi connectivity index (χ1v) is 3.81. The predicted molar refractivity (Wildman–Crippen MR) is 52.9 cm³/mol. The van der Waals surface area contributed by atoms with Crippen molar-refractivity contribution >= 4 is 5.69 Å². The number of anilines is 1. The quantitative estimate of drug-likeness (QED) is 0.477. The Balaban J connectivity index is 0. The van der Waals surface area contributed by atoms with Gasteiger partial charge in [0, 0.05) is 20.5 Å². The largest absolute Gasteiger partial charge is 2.00 e. The number of rotatable bonds is 2. The van der Waals surface area contributed by atoms with Crippen LogP contribution in [0.1, 0.15) is 0 Å². The zero-order valence-electron chi connectivity index (χ0n) is 8.43. The van der Waals surface area contributed by atoms with Gasteiger partial charge in [-0.2, -0.15) is 18.2 Å². The molecule has 0 bridgehead atoms. The van der Waals surface area contributed by atoms with Crippen molar-refractivity contribution in [2.75, 3.05) is 20.0 Å². The predicted octanol–water partition coefficient (Wildman–Crippen LogP) is 1.51. The van der Waals surface area contributed by atoms with E-state index in [2.05, 4.69) is 22.5 Å². The van der Waals surface area contributed by atoms with Crippen molar-refractivity contribution in [3.05, 3.63) is 37.3 Å². The minimum Gasteiger partial charge on any atom is -0.419 e. The monoisotopic (exact) mass is 232 g/mol. The number of benzene rings is 1. The summed E-state index contributed by atoms with van der Waals surface area (Å²) in [6.07, 6.45) is -0.315. The summed E-state index contributed by atoms with van der Waals surface area (Å²) in [5, 5.41) is 0. The molecule has 0 fully saturated rings. The molecule has 0 aromatic heterocycles. The van der Waals surface area contributed by atoms with Gasteiger partial charge in [0.25, 0.3) is 0 Å².